The van der Waals surface area contributed by atoms with Gasteiger partial charge in [-0.25, -0.2) is 0 Å². The average Bonchev–Trinajstić information content (AvgIpc) is 3.99. The summed E-state index contributed by atoms with van der Waals surface area (Å²) in [4.78, 5) is 53.6. The summed E-state index contributed by atoms with van der Waals surface area (Å²) in [7, 11) is 8.92. The molecule has 78 heavy (non-hydrogen) atoms. The molecule has 4 aliphatic heterocycles. The molecule has 0 bridgehead atoms. The fourth-order valence-electron chi connectivity index (χ4n) is 11.1. The molecule has 414 valence electrons. The van der Waals surface area contributed by atoms with Gasteiger partial charge in [0.1, 0.15) is 19.0 Å². The maximum absolute atomic E-state index is 14.4. The zero-order valence-corrected chi connectivity index (χ0v) is 48.0. The highest BCUT2D eigenvalue weighted by Gasteiger charge is 2.40. The van der Waals surface area contributed by atoms with Crippen LogP contribution in [0.15, 0.2) is 96.0 Å². The van der Waals surface area contributed by atoms with E-state index in [2.05, 4.69) is 77.2 Å². The first-order valence-electron chi connectivity index (χ1n) is 27.3. The molecular weight excluding hydrogens is 1020 g/mol. The van der Waals surface area contributed by atoms with Gasteiger partial charge in [-0.3, -0.25) is 19.4 Å². The summed E-state index contributed by atoms with van der Waals surface area (Å²) in [6.45, 7) is 13.5. The molecule has 9 rings (SSSR count). The molecule has 5 aromatic rings. The Morgan fingerprint density at radius 3 is 2.12 bits per heavy atom. The second-order valence-corrected chi connectivity index (χ2v) is 24.3. The predicted molar refractivity (Wildman–Crippen MR) is 315 cm³/mol. The summed E-state index contributed by atoms with van der Waals surface area (Å²) < 4.78 is 36.4. The van der Waals surface area contributed by atoms with E-state index in [9.17, 15) is 14.4 Å². The fraction of sp³-hybridized carbons (Fsp3) is 0.452. The first-order chi connectivity index (χ1) is 37.8. The smallest absolute Gasteiger partial charge is 0.260 e. The molecule has 0 N–H and O–H groups in total. The summed E-state index contributed by atoms with van der Waals surface area (Å²) in [5, 5.41) is 0. The minimum atomic E-state index is -0.211. The van der Waals surface area contributed by atoms with Crippen LogP contribution in [0.1, 0.15) is 94.1 Å². The van der Waals surface area contributed by atoms with E-state index in [4.69, 9.17) is 28.4 Å². The van der Waals surface area contributed by atoms with Crippen LogP contribution in [0.25, 0.3) is 0 Å². The number of ketones is 1. The number of hydrogen-bond donors (Lipinski definition) is 0. The number of carbonyl (C=O) groups excluding carboxylic acids is 3. The number of rotatable bonds is 27. The summed E-state index contributed by atoms with van der Waals surface area (Å²) in [6, 6.07) is 30.9. The molecule has 0 aliphatic carbocycles. The van der Waals surface area contributed by atoms with Gasteiger partial charge in [-0.05, 0) is 148 Å². The highest BCUT2D eigenvalue weighted by Crippen LogP contribution is 2.44. The van der Waals surface area contributed by atoms with Crippen molar-refractivity contribution in [2.75, 3.05) is 106 Å². The van der Waals surface area contributed by atoms with Crippen LogP contribution in [0.2, 0.25) is 0 Å². The van der Waals surface area contributed by atoms with Gasteiger partial charge in [0.05, 0.1) is 64.0 Å². The Labute approximate surface area is 468 Å². The molecular formula is C62H75N5O9S2. The molecule has 2 atom stereocenters. The number of fused-ring (bicyclic) bond motifs is 8. The highest BCUT2D eigenvalue weighted by atomic mass is 33.1. The van der Waals surface area contributed by atoms with Crippen molar-refractivity contribution in [2.45, 2.75) is 96.3 Å². The number of anilines is 4. The molecule has 4 aliphatic rings. The van der Waals surface area contributed by atoms with E-state index in [-0.39, 0.29) is 54.2 Å². The monoisotopic (exact) mass is 1100 g/mol. The van der Waals surface area contributed by atoms with Crippen molar-refractivity contribution in [1.29, 1.82) is 0 Å². The van der Waals surface area contributed by atoms with Crippen LogP contribution in [0.4, 0.5) is 22.7 Å². The van der Waals surface area contributed by atoms with Crippen LogP contribution < -0.4 is 33.8 Å². The largest absolute Gasteiger partial charge is 0.493 e. The van der Waals surface area contributed by atoms with Crippen LogP contribution >= 0.6 is 21.6 Å². The maximum atomic E-state index is 14.4. The topological polar surface area (TPSA) is 132 Å². The number of aliphatic imine (C=N–C) groups is 1. The van der Waals surface area contributed by atoms with Gasteiger partial charge in [-0.1, -0.05) is 58.0 Å². The number of Topliss-reactive ketones (excluding diaryl/α,β-unsaturated/α-hetero) is 1. The van der Waals surface area contributed by atoms with Gasteiger partial charge in [0.25, 0.3) is 11.8 Å². The normalized spacial score (nSPS) is 16.5. The van der Waals surface area contributed by atoms with E-state index in [1.54, 1.807) is 31.2 Å². The lowest BCUT2D eigenvalue weighted by molar-refractivity contribution is -0.117. The number of aryl methyl sites for hydroxylation is 2. The maximum Gasteiger partial charge on any atom is 0.260 e. The number of carbonyl (C=O) groups is 3. The Balaban J connectivity index is 0.989. The van der Waals surface area contributed by atoms with Gasteiger partial charge >= 0.3 is 0 Å². The Hall–Kier alpha value is -6.04. The SMILES string of the molecule is CC=NCC(=O)CCCSSC(C)(C)CN(CCOCCOCCOC)c1cc(COc2cc3c(cc2C)C(=O)N2c4ccccc4C[C@H]2CC3)cc(COc2cc3c(cc2OC)C(=O)N2c4ccccc4C[C@H]2CN3C)c1. The number of benzene rings is 5. The molecule has 0 saturated carbocycles. The van der Waals surface area contributed by atoms with Crippen molar-refractivity contribution in [3.8, 4) is 17.2 Å². The summed E-state index contributed by atoms with van der Waals surface area (Å²) in [5.41, 5.74) is 11.2. The van der Waals surface area contributed by atoms with E-state index >= 15 is 0 Å². The first-order valence-corrected chi connectivity index (χ1v) is 29.6. The molecule has 0 radical (unpaired) electrons. The van der Waals surface area contributed by atoms with Crippen LogP contribution in [-0.4, -0.2) is 127 Å². The molecule has 4 heterocycles. The molecule has 0 unspecified atom stereocenters. The zero-order chi connectivity index (χ0) is 54.8. The van der Waals surface area contributed by atoms with E-state index in [0.717, 1.165) is 94.2 Å². The van der Waals surface area contributed by atoms with Gasteiger partial charge in [0.15, 0.2) is 17.3 Å². The lowest BCUT2D eigenvalue weighted by atomic mass is 9.98. The van der Waals surface area contributed by atoms with Crippen molar-refractivity contribution in [3.05, 3.63) is 136 Å². The van der Waals surface area contributed by atoms with Crippen molar-refractivity contribution in [2.24, 2.45) is 4.99 Å². The van der Waals surface area contributed by atoms with Gasteiger partial charge < -0.3 is 48.0 Å². The standard InChI is InChI=1S/C62H75N5O9S2/c1-8-63-37-51(68)16-13-27-77-78-62(3,4)41-65(21-22-73-25-26-74-24-23-71-6)49-30-43(39-75-57-34-45-19-20-48-32-46-14-9-11-17-54(46)66(48)60(69)52(45)28-42(57)2)29-44(31-49)40-76-59-36-56-53(35-58(59)72-7)61(70)67-50(38-64(56)5)33-47-15-10-12-18-55(47)67/h8-12,14-15,17-18,28-31,34-36,48,50H,13,16,19-27,32-33,37-41H2,1-7H3/t48-,50+/m1/s1. The summed E-state index contributed by atoms with van der Waals surface area (Å²) >= 11 is 0. The molecule has 0 saturated heterocycles. The van der Waals surface area contributed by atoms with E-state index in [0.29, 0.717) is 76.2 Å². The van der Waals surface area contributed by atoms with E-state index in [1.807, 2.05) is 84.0 Å². The average molecular weight is 1100 g/mol. The van der Waals surface area contributed by atoms with Crippen molar-refractivity contribution in [1.82, 2.24) is 0 Å². The fourth-order valence-corrected chi connectivity index (χ4v) is 13.7. The Kier molecular flexibility index (Phi) is 19.1. The predicted octanol–water partition coefficient (Wildman–Crippen LogP) is 10.8. The number of hydrogen-bond acceptors (Lipinski definition) is 14. The first kappa shape index (κ1) is 56.7. The summed E-state index contributed by atoms with van der Waals surface area (Å²) in [6.07, 6.45) is 6.30. The highest BCUT2D eigenvalue weighted by molar-refractivity contribution is 8.77. The van der Waals surface area contributed by atoms with Crippen molar-refractivity contribution in [3.63, 3.8) is 0 Å². The molecule has 0 spiro atoms. The minimum absolute atomic E-state index is 0.00479. The van der Waals surface area contributed by atoms with Crippen LogP contribution in [0.5, 0.6) is 17.2 Å². The number of amides is 2. The number of methoxy groups -OCH3 is 2. The van der Waals surface area contributed by atoms with Crippen molar-refractivity contribution < 1.29 is 42.8 Å². The second kappa shape index (κ2) is 26.3. The number of nitrogens with zero attached hydrogens (tertiary/aromatic N) is 5. The lowest BCUT2D eigenvalue weighted by Gasteiger charge is -2.34. The zero-order valence-electron chi connectivity index (χ0n) is 46.3. The van der Waals surface area contributed by atoms with Crippen LogP contribution in [0.3, 0.4) is 0 Å². The summed E-state index contributed by atoms with van der Waals surface area (Å²) in [5.74, 6) is 2.76. The van der Waals surface area contributed by atoms with E-state index < -0.39 is 0 Å². The molecule has 0 aromatic heterocycles. The van der Waals surface area contributed by atoms with Crippen LogP contribution in [-0.2, 0) is 51.5 Å². The van der Waals surface area contributed by atoms with Crippen molar-refractivity contribution >= 4 is 68.1 Å². The third kappa shape index (κ3) is 13.5. The number of para-hydroxylation sites is 2. The third-order valence-corrected chi connectivity index (χ3v) is 18.2. The van der Waals surface area contributed by atoms with Gasteiger partial charge in [-0.15, -0.1) is 0 Å². The molecule has 5 aromatic carbocycles. The van der Waals surface area contributed by atoms with Gasteiger partial charge in [-0.2, -0.15) is 0 Å². The van der Waals surface area contributed by atoms with Crippen LogP contribution in [0, 0.1) is 6.92 Å². The molecule has 0 fully saturated rings. The molecule has 16 heteroatoms. The number of likely N-dealkylation sites (N-methyl/N-ethyl adjacent to an activating group) is 1. The molecule has 2 amide bonds. The third-order valence-electron chi connectivity index (χ3n) is 14.9. The molecule has 14 nitrogen and oxygen atoms in total. The Bertz CT molecular complexity index is 2970. The second-order valence-electron chi connectivity index (χ2n) is 21.2. The number of ether oxygens (including phenoxy) is 6. The quantitative estimate of drug-likeness (QED) is 0.0281. The lowest BCUT2D eigenvalue weighted by Crippen LogP contribution is -2.41. The van der Waals surface area contributed by atoms with Gasteiger partial charge in [0, 0.05) is 85.4 Å². The van der Waals surface area contributed by atoms with Gasteiger partial charge in [0.2, 0.25) is 0 Å². The Morgan fingerprint density at radius 1 is 0.756 bits per heavy atom. The Morgan fingerprint density at radius 2 is 1.41 bits per heavy atom. The minimum Gasteiger partial charge on any atom is -0.493 e. The van der Waals surface area contributed by atoms with E-state index in [1.165, 1.54) is 11.1 Å².